The van der Waals surface area contributed by atoms with Crippen molar-refractivity contribution >= 4 is 8.32 Å². The van der Waals surface area contributed by atoms with E-state index in [1.807, 2.05) is 0 Å². The van der Waals surface area contributed by atoms with Gasteiger partial charge in [0, 0.05) is 47.1 Å². The van der Waals surface area contributed by atoms with Crippen LogP contribution in [0.3, 0.4) is 0 Å². The minimum atomic E-state index is -1.58. The number of methoxy groups -OCH3 is 2. The maximum Gasteiger partial charge on any atom is 0.192 e. The molecule has 262 valence electrons. The highest BCUT2D eigenvalue weighted by Crippen LogP contribution is 2.36. The average Bonchev–Trinajstić information content (AvgIpc) is 2.97. The smallest absolute Gasteiger partial charge is 0.192 e. The number of unbranched alkanes of at least 4 members (excludes halogenated alkanes) is 4. The Hall–Kier alpha value is -0.183. The van der Waals surface area contributed by atoms with E-state index >= 15 is 0 Å². The molecule has 0 aliphatic heterocycles. The van der Waals surface area contributed by atoms with Crippen molar-refractivity contribution in [3.8, 4) is 0 Å². The molecule has 0 amide bonds. The van der Waals surface area contributed by atoms with E-state index in [1.54, 1.807) is 14.2 Å². The second-order valence-electron chi connectivity index (χ2n) is 12.4. The molecule has 0 saturated heterocycles. The summed E-state index contributed by atoms with van der Waals surface area (Å²) in [6.45, 7) is 24.9. The van der Waals surface area contributed by atoms with Crippen LogP contribution in [0, 0.1) is 0 Å². The van der Waals surface area contributed by atoms with Gasteiger partial charge in [-0.15, -0.1) is 0 Å². The lowest BCUT2D eigenvalue weighted by atomic mass is 10.2. The summed E-state index contributed by atoms with van der Waals surface area (Å²) in [6, 6.07) is 0. The average molecular weight is 639 g/mol. The molecule has 0 saturated carbocycles. The van der Waals surface area contributed by atoms with Crippen molar-refractivity contribution in [3.63, 3.8) is 0 Å². The predicted octanol–water partition coefficient (Wildman–Crippen LogP) is 3.79. The zero-order valence-electron chi connectivity index (χ0n) is 29.5. The summed E-state index contributed by atoms with van der Waals surface area (Å²) in [7, 11) is 1.81. The van der Waals surface area contributed by atoms with Gasteiger partial charge in [-0.05, 0) is 95.9 Å². The first-order valence-corrected chi connectivity index (χ1v) is 19.8. The normalized spacial score (nSPS) is 12.0. The molecule has 0 fully saturated rings. The molecule has 0 rings (SSSR count). The lowest BCUT2D eigenvalue weighted by molar-refractivity contribution is 0.0695. The van der Waals surface area contributed by atoms with Gasteiger partial charge in [-0.25, -0.2) is 0 Å². The predicted molar refractivity (Wildman–Crippen MR) is 184 cm³/mol. The first kappa shape index (κ1) is 44.9. The number of nitrogens with one attached hydrogen (secondary N) is 4. The molecule has 11 heteroatoms. The van der Waals surface area contributed by atoms with Crippen LogP contribution >= 0.6 is 0 Å². The van der Waals surface area contributed by atoms with Gasteiger partial charge in [0.2, 0.25) is 0 Å². The van der Waals surface area contributed by atoms with Crippen LogP contribution in [-0.2, 0) is 23.4 Å². The monoisotopic (exact) mass is 639 g/mol. The van der Waals surface area contributed by atoms with Crippen LogP contribution in [0.4, 0.5) is 0 Å². The second-order valence-corrected chi connectivity index (χ2v) is 17.2. The Morgan fingerprint density at radius 2 is 0.884 bits per heavy atom. The van der Waals surface area contributed by atoms with Crippen molar-refractivity contribution in [3.05, 3.63) is 0 Å². The highest BCUT2D eigenvalue weighted by Gasteiger charge is 2.36. The summed E-state index contributed by atoms with van der Waals surface area (Å²) in [6.07, 6.45) is 9.51. The lowest BCUT2D eigenvalue weighted by Crippen LogP contribution is -2.42. The lowest BCUT2D eigenvalue weighted by Gasteiger charge is -2.36. The molecule has 5 N–H and O–H groups in total. The van der Waals surface area contributed by atoms with Crippen LogP contribution in [0.1, 0.15) is 72.1 Å². The number of aliphatic hydroxyl groups excluding tert-OH is 1. The number of aliphatic hydroxyl groups is 1. The third kappa shape index (κ3) is 36.2. The zero-order valence-corrected chi connectivity index (χ0v) is 30.5. The van der Waals surface area contributed by atoms with E-state index in [0.717, 1.165) is 78.5 Å². The molecule has 0 aromatic carbocycles. The van der Waals surface area contributed by atoms with Crippen molar-refractivity contribution in [2.45, 2.75) is 90.3 Å². The molecule has 0 bridgehead atoms. The van der Waals surface area contributed by atoms with E-state index in [0.29, 0.717) is 38.0 Å². The van der Waals surface area contributed by atoms with Gasteiger partial charge in [0.05, 0.1) is 33.0 Å². The van der Waals surface area contributed by atoms with Gasteiger partial charge < -0.3 is 49.7 Å². The topological polar surface area (TPSA) is 115 Å². The van der Waals surface area contributed by atoms with Gasteiger partial charge in [-0.2, -0.15) is 0 Å². The molecule has 0 aromatic heterocycles. The second kappa shape index (κ2) is 34.7. The van der Waals surface area contributed by atoms with E-state index in [4.69, 9.17) is 28.5 Å². The van der Waals surface area contributed by atoms with E-state index < -0.39 is 8.32 Å². The maximum atomic E-state index is 8.57. The SMILES string of the molecule is COCCOCCCNCCCCCNCCO.COCCOCCCNCCCCCNCCO[Si](C)(C)C(C)(C)C. The fourth-order valence-corrected chi connectivity index (χ4v) is 4.66. The van der Waals surface area contributed by atoms with Crippen LogP contribution in [0.5, 0.6) is 0 Å². The molecule has 0 unspecified atom stereocenters. The van der Waals surface area contributed by atoms with Crippen LogP contribution < -0.4 is 21.3 Å². The van der Waals surface area contributed by atoms with Crippen LogP contribution in [0.25, 0.3) is 0 Å². The van der Waals surface area contributed by atoms with Gasteiger partial charge in [-0.3, -0.25) is 0 Å². The molecule has 10 nitrogen and oxygen atoms in total. The Kier molecular flexibility index (Phi) is 36.3. The molecule has 0 heterocycles. The van der Waals surface area contributed by atoms with E-state index in [2.05, 4.69) is 55.1 Å². The molecule has 0 radical (unpaired) electrons. The van der Waals surface area contributed by atoms with Gasteiger partial charge in [0.15, 0.2) is 8.32 Å². The summed E-state index contributed by atoms with van der Waals surface area (Å²) < 4.78 is 26.8. The molecule has 43 heavy (non-hydrogen) atoms. The number of rotatable bonds is 32. The van der Waals surface area contributed by atoms with E-state index in [9.17, 15) is 0 Å². The quantitative estimate of drug-likeness (QED) is 0.0551. The van der Waals surface area contributed by atoms with E-state index in [-0.39, 0.29) is 6.61 Å². The first-order chi connectivity index (χ1) is 20.7. The van der Waals surface area contributed by atoms with Crippen molar-refractivity contribution < 1.29 is 28.5 Å². The third-order valence-electron chi connectivity index (χ3n) is 7.40. The summed E-state index contributed by atoms with van der Waals surface area (Å²) in [5.41, 5.74) is 0. The minimum Gasteiger partial charge on any atom is -0.416 e. The Bertz CT molecular complexity index is 515. The number of hydrogen-bond donors (Lipinski definition) is 5. The van der Waals surface area contributed by atoms with Crippen molar-refractivity contribution in [2.24, 2.45) is 0 Å². The number of ether oxygens (including phenoxy) is 4. The molecule has 0 aromatic rings. The Morgan fingerprint density at radius 1 is 0.488 bits per heavy atom. The number of hydrogen-bond acceptors (Lipinski definition) is 10. The first-order valence-electron chi connectivity index (χ1n) is 16.9. The van der Waals surface area contributed by atoms with Gasteiger partial charge >= 0.3 is 0 Å². The van der Waals surface area contributed by atoms with Gasteiger partial charge in [0.1, 0.15) is 0 Å². The van der Waals surface area contributed by atoms with E-state index in [1.165, 1.54) is 38.5 Å². The van der Waals surface area contributed by atoms with Crippen LogP contribution in [0.15, 0.2) is 0 Å². The summed E-state index contributed by atoms with van der Waals surface area (Å²) in [4.78, 5) is 0. The molecular formula is C32H74N4O6Si. The Labute approximate surface area is 267 Å². The fraction of sp³-hybridized carbons (Fsp3) is 1.00. The van der Waals surface area contributed by atoms with Crippen LogP contribution in [-0.4, -0.2) is 133 Å². The molecule has 0 aliphatic carbocycles. The maximum absolute atomic E-state index is 8.57. The summed E-state index contributed by atoms with van der Waals surface area (Å²) >= 11 is 0. The van der Waals surface area contributed by atoms with Crippen molar-refractivity contribution in [1.82, 2.24) is 21.3 Å². The van der Waals surface area contributed by atoms with Gasteiger partial charge in [-0.1, -0.05) is 33.6 Å². The van der Waals surface area contributed by atoms with Gasteiger partial charge in [0.25, 0.3) is 0 Å². The standard InChI is InChI=1S/C19H44N2O3Si.C13H30N2O3/c1-19(2,3)25(5,6)24-16-14-21-12-9-7-8-11-20-13-10-15-23-18-17-22-4;1-17-12-13-18-11-5-8-14-6-3-2-4-7-15-9-10-16/h20-21H,7-18H2,1-6H3;14-16H,2-13H2,1H3. The minimum absolute atomic E-state index is 0.230. The van der Waals surface area contributed by atoms with Crippen molar-refractivity contribution in [1.29, 1.82) is 0 Å². The highest BCUT2D eigenvalue weighted by atomic mass is 28.4. The molecule has 0 atom stereocenters. The fourth-order valence-electron chi connectivity index (χ4n) is 3.61. The largest absolute Gasteiger partial charge is 0.416 e. The summed E-state index contributed by atoms with van der Waals surface area (Å²) in [5.74, 6) is 0. The highest BCUT2D eigenvalue weighted by molar-refractivity contribution is 6.74. The molecule has 0 spiro atoms. The van der Waals surface area contributed by atoms with Crippen molar-refractivity contribution in [2.75, 3.05) is 119 Å². The van der Waals surface area contributed by atoms with Crippen LogP contribution in [0.2, 0.25) is 18.1 Å². The zero-order chi connectivity index (χ0) is 32.3. The summed E-state index contributed by atoms with van der Waals surface area (Å²) in [5, 5.41) is 22.4. The molecular weight excluding hydrogens is 564 g/mol. The Balaban J connectivity index is 0. The Morgan fingerprint density at radius 3 is 1.28 bits per heavy atom. The molecule has 0 aliphatic rings. The third-order valence-corrected chi connectivity index (χ3v) is 11.9.